The highest BCUT2D eigenvalue weighted by Crippen LogP contribution is 2.19. The first-order valence-corrected chi connectivity index (χ1v) is 7.03. The molecular formula is C18H23N. The van der Waals surface area contributed by atoms with Crippen molar-refractivity contribution in [3.8, 4) is 0 Å². The summed E-state index contributed by atoms with van der Waals surface area (Å²) in [7, 11) is 0. The Morgan fingerprint density at radius 2 is 1.74 bits per heavy atom. The van der Waals surface area contributed by atoms with E-state index in [9.17, 15) is 0 Å². The van der Waals surface area contributed by atoms with Gasteiger partial charge in [-0.05, 0) is 49.8 Å². The third kappa shape index (κ3) is 3.93. The highest BCUT2D eigenvalue weighted by atomic mass is 14.6. The van der Waals surface area contributed by atoms with Gasteiger partial charge in [-0.25, -0.2) is 0 Å². The molecule has 0 aliphatic heterocycles. The lowest BCUT2D eigenvalue weighted by molar-refractivity contribution is 0.610. The van der Waals surface area contributed by atoms with Crippen LogP contribution in [0.25, 0.3) is 0 Å². The summed E-state index contributed by atoms with van der Waals surface area (Å²) in [5, 5.41) is 0. The number of nitrogens with two attached hydrogens (primary N) is 1. The Balaban J connectivity index is 1.88. The molecule has 0 saturated carbocycles. The zero-order valence-corrected chi connectivity index (χ0v) is 11.9. The number of rotatable bonds is 5. The standard InChI is InChI=1S/C18H23N/c1-14-11-12-15(2)17(13-14)9-6-10-18(19)16-7-4-3-5-8-16/h3-5,7-8,11-13,18H,6,9-10,19H2,1-2H3. The molecule has 100 valence electrons. The van der Waals surface area contributed by atoms with E-state index >= 15 is 0 Å². The molecule has 19 heavy (non-hydrogen) atoms. The van der Waals surface area contributed by atoms with Gasteiger partial charge in [-0.15, -0.1) is 0 Å². The Labute approximate surface area is 116 Å². The van der Waals surface area contributed by atoms with Crippen LogP contribution in [0.15, 0.2) is 48.5 Å². The van der Waals surface area contributed by atoms with Crippen LogP contribution in [0, 0.1) is 13.8 Å². The molecule has 0 aliphatic carbocycles. The molecule has 0 spiro atoms. The minimum absolute atomic E-state index is 0.159. The van der Waals surface area contributed by atoms with Gasteiger partial charge in [-0.2, -0.15) is 0 Å². The molecule has 1 heteroatoms. The molecule has 1 unspecified atom stereocenters. The van der Waals surface area contributed by atoms with E-state index in [0.29, 0.717) is 0 Å². The van der Waals surface area contributed by atoms with E-state index in [0.717, 1.165) is 19.3 Å². The van der Waals surface area contributed by atoms with Crippen LogP contribution in [0.3, 0.4) is 0 Å². The second-order valence-electron chi connectivity index (χ2n) is 5.34. The smallest absolute Gasteiger partial charge is 0.0294 e. The molecule has 0 aliphatic rings. The third-order valence-corrected chi connectivity index (χ3v) is 3.69. The first-order valence-electron chi connectivity index (χ1n) is 7.03. The van der Waals surface area contributed by atoms with Gasteiger partial charge >= 0.3 is 0 Å². The van der Waals surface area contributed by atoms with Gasteiger partial charge in [0.2, 0.25) is 0 Å². The van der Waals surface area contributed by atoms with Crippen LogP contribution in [-0.4, -0.2) is 0 Å². The molecule has 0 aromatic heterocycles. The average Bonchev–Trinajstić information content (AvgIpc) is 2.43. The summed E-state index contributed by atoms with van der Waals surface area (Å²) in [5.41, 5.74) is 11.7. The molecule has 2 aromatic rings. The van der Waals surface area contributed by atoms with E-state index in [1.165, 1.54) is 22.3 Å². The SMILES string of the molecule is Cc1ccc(C)c(CCCC(N)c2ccccc2)c1. The molecule has 0 fully saturated rings. The zero-order chi connectivity index (χ0) is 13.7. The molecular weight excluding hydrogens is 230 g/mol. The lowest BCUT2D eigenvalue weighted by atomic mass is 9.97. The van der Waals surface area contributed by atoms with Crippen LogP contribution in [0.1, 0.15) is 41.1 Å². The van der Waals surface area contributed by atoms with Gasteiger partial charge in [0, 0.05) is 6.04 Å². The van der Waals surface area contributed by atoms with E-state index in [2.05, 4.69) is 56.3 Å². The largest absolute Gasteiger partial charge is 0.324 e. The summed E-state index contributed by atoms with van der Waals surface area (Å²) in [5.74, 6) is 0. The normalized spacial score (nSPS) is 12.4. The number of hydrogen-bond donors (Lipinski definition) is 1. The lowest BCUT2D eigenvalue weighted by Crippen LogP contribution is -2.10. The van der Waals surface area contributed by atoms with Gasteiger partial charge in [0.1, 0.15) is 0 Å². The van der Waals surface area contributed by atoms with Crippen molar-refractivity contribution in [1.29, 1.82) is 0 Å². The van der Waals surface area contributed by atoms with E-state index in [1.54, 1.807) is 0 Å². The van der Waals surface area contributed by atoms with Gasteiger partial charge < -0.3 is 5.73 Å². The van der Waals surface area contributed by atoms with Crippen molar-refractivity contribution in [3.63, 3.8) is 0 Å². The maximum atomic E-state index is 6.23. The fourth-order valence-corrected chi connectivity index (χ4v) is 2.45. The highest BCUT2D eigenvalue weighted by Gasteiger charge is 2.06. The summed E-state index contributed by atoms with van der Waals surface area (Å²) in [4.78, 5) is 0. The molecule has 2 N–H and O–H groups in total. The molecule has 0 amide bonds. The minimum atomic E-state index is 0.159. The monoisotopic (exact) mass is 253 g/mol. The molecule has 2 aromatic carbocycles. The summed E-state index contributed by atoms with van der Waals surface area (Å²) in [6, 6.07) is 17.2. The lowest BCUT2D eigenvalue weighted by Gasteiger charge is -2.12. The summed E-state index contributed by atoms with van der Waals surface area (Å²) >= 11 is 0. The van der Waals surface area contributed by atoms with Crippen molar-refractivity contribution in [2.45, 2.75) is 39.2 Å². The molecule has 0 heterocycles. The van der Waals surface area contributed by atoms with Gasteiger partial charge in [-0.3, -0.25) is 0 Å². The van der Waals surface area contributed by atoms with Crippen molar-refractivity contribution >= 4 is 0 Å². The van der Waals surface area contributed by atoms with E-state index in [1.807, 2.05) is 6.07 Å². The van der Waals surface area contributed by atoms with E-state index in [-0.39, 0.29) is 6.04 Å². The van der Waals surface area contributed by atoms with E-state index < -0.39 is 0 Å². The van der Waals surface area contributed by atoms with Crippen molar-refractivity contribution in [3.05, 3.63) is 70.8 Å². The first kappa shape index (κ1) is 13.8. The van der Waals surface area contributed by atoms with Crippen LogP contribution in [0.5, 0.6) is 0 Å². The second-order valence-corrected chi connectivity index (χ2v) is 5.34. The maximum absolute atomic E-state index is 6.23. The number of hydrogen-bond acceptors (Lipinski definition) is 1. The van der Waals surface area contributed by atoms with Gasteiger partial charge in [0.05, 0.1) is 0 Å². The van der Waals surface area contributed by atoms with Crippen molar-refractivity contribution < 1.29 is 0 Å². The maximum Gasteiger partial charge on any atom is 0.0294 e. The number of aryl methyl sites for hydroxylation is 3. The molecule has 0 bridgehead atoms. The van der Waals surface area contributed by atoms with Crippen LogP contribution < -0.4 is 5.73 Å². The van der Waals surface area contributed by atoms with Crippen LogP contribution in [0.2, 0.25) is 0 Å². The zero-order valence-electron chi connectivity index (χ0n) is 11.9. The summed E-state index contributed by atoms with van der Waals surface area (Å²) < 4.78 is 0. The topological polar surface area (TPSA) is 26.0 Å². The Morgan fingerprint density at radius 3 is 2.47 bits per heavy atom. The quantitative estimate of drug-likeness (QED) is 0.843. The number of benzene rings is 2. The van der Waals surface area contributed by atoms with Crippen molar-refractivity contribution in [2.75, 3.05) is 0 Å². The van der Waals surface area contributed by atoms with Crippen molar-refractivity contribution in [2.24, 2.45) is 5.73 Å². The predicted molar refractivity (Wildman–Crippen MR) is 82.2 cm³/mol. The second kappa shape index (κ2) is 6.53. The molecule has 0 saturated heterocycles. The Kier molecular flexibility index (Phi) is 4.75. The van der Waals surface area contributed by atoms with Gasteiger partial charge in [0.25, 0.3) is 0 Å². The van der Waals surface area contributed by atoms with Gasteiger partial charge in [-0.1, -0.05) is 54.1 Å². The highest BCUT2D eigenvalue weighted by molar-refractivity contribution is 5.30. The third-order valence-electron chi connectivity index (χ3n) is 3.69. The molecule has 1 nitrogen and oxygen atoms in total. The minimum Gasteiger partial charge on any atom is -0.324 e. The Bertz CT molecular complexity index is 516. The fourth-order valence-electron chi connectivity index (χ4n) is 2.45. The average molecular weight is 253 g/mol. The molecule has 2 rings (SSSR count). The van der Waals surface area contributed by atoms with Crippen LogP contribution >= 0.6 is 0 Å². The first-order chi connectivity index (χ1) is 9.16. The van der Waals surface area contributed by atoms with Crippen molar-refractivity contribution in [1.82, 2.24) is 0 Å². The Hall–Kier alpha value is -1.60. The molecule has 0 radical (unpaired) electrons. The Morgan fingerprint density at radius 1 is 1.00 bits per heavy atom. The van der Waals surface area contributed by atoms with Gasteiger partial charge in [0.15, 0.2) is 0 Å². The van der Waals surface area contributed by atoms with Crippen LogP contribution in [0.4, 0.5) is 0 Å². The van der Waals surface area contributed by atoms with Crippen LogP contribution in [-0.2, 0) is 6.42 Å². The summed E-state index contributed by atoms with van der Waals surface area (Å²) in [6.45, 7) is 4.34. The molecule has 1 atom stereocenters. The van der Waals surface area contributed by atoms with E-state index in [4.69, 9.17) is 5.73 Å². The summed E-state index contributed by atoms with van der Waals surface area (Å²) in [6.07, 6.45) is 3.30. The predicted octanol–water partition coefficient (Wildman–Crippen LogP) is 4.33. The fraction of sp³-hybridized carbons (Fsp3) is 0.333.